The minimum atomic E-state index is -4.23. The van der Waals surface area contributed by atoms with Gasteiger partial charge in [-0.1, -0.05) is 48.9 Å². The number of halogens is 1. The topological polar surface area (TPSA) is 101 Å². The van der Waals surface area contributed by atoms with Crippen molar-refractivity contribution >= 4 is 44.6 Å². The van der Waals surface area contributed by atoms with Crippen LogP contribution in [0.3, 0.4) is 0 Å². The van der Waals surface area contributed by atoms with Crippen LogP contribution < -0.4 is 0 Å². The molecule has 36 heavy (non-hydrogen) atoms. The average molecular weight is 548 g/mol. The first kappa shape index (κ1) is 26.3. The summed E-state index contributed by atoms with van der Waals surface area (Å²) in [6, 6.07) is 14.3. The van der Waals surface area contributed by atoms with Gasteiger partial charge >= 0.3 is 0 Å². The van der Waals surface area contributed by atoms with Crippen molar-refractivity contribution in [1.82, 2.24) is 9.21 Å². The SMILES string of the molecule is CCC(C)N(CC(=O)N1CCc2sccc2C1c1ccccc1)S(=O)(=O)c1ccc(Cl)c([N+](=O)[O-])c1. The number of sulfonamides is 1. The first-order valence-corrected chi connectivity index (χ1v) is 14.2. The summed E-state index contributed by atoms with van der Waals surface area (Å²) in [5, 5.41) is 13.2. The Hall–Kier alpha value is -2.79. The number of fused-ring (bicyclic) bond motifs is 1. The van der Waals surface area contributed by atoms with Crippen LogP contribution >= 0.6 is 22.9 Å². The molecular weight excluding hydrogens is 522 g/mol. The number of nitro groups is 1. The second-order valence-electron chi connectivity index (χ2n) is 8.63. The smallest absolute Gasteiger partial charge is 0.289 e. The van der Waals surface area contributed by atoms with Crippen molar-refractivity contribution in [2.24, 2.45) is 0 Å². The van der Waals surface area contributed by atoms with E-state index < -0.39 is 26.7 Å². The summed E-state index contributed by atoms with van der Waals surface area (Å²) in [4.78, 5) is 27.0. The summed E-state index contributed by atoms with van der Waals surface area (Å²) in [7, 11) is -4.23. The third-order valence-corrected chi connectivity index (χ3v) is 9.77. The summed E-state index contributed by atoms with van der Waals surface area (Å²) in [6.45, 7) is 3.63. The molecule has 2 unspecified atom stereocenters. The van der Waals surface area contributed by atoms with Gasteiger partial charge in [0.15, 0.2) is 0 Å². The quantitative estimate of drug-likeness (QED) is 0.282. The van der Waals surface area contributed by atoms with E-state index in [9.17, 15) is 23.3 Å². The molecule has 1 aromatic heterocycles. The molecule has 11 heteroatoms. The van der Waals surface area contributed by atoms with Crippen molar-refractivity contribution in [2.45, 2.75) is 43.7 Å². The zero-order chi connectivity index (χ0) is 26.0. The minimum absolute atomic E-state index is 0.157. The highest BCUT2D eigenvalue weighted by Gasteiger charge is 2.37. The van der Waals surface area contributed by atoms with Gasteiger partial charge in [-0.05, 0) is 54.5 Å². The zero-order valence-electron chi connectivity index (χ0n) is 19.8. The van der Waals surface area contributed by atoms with Crippen molar-refractivity contribution in [1.29, 1.82) is 0 Å². The van der Waals surface area contributed by atoms with Gasteiger partial charge in [0.2, 0.25) is 15.9 Å². The molecule has 2 atom stereocenters. The zero-order valence-corrected chi connectivity index (χ0v) is 22.2. The monoisotopic (exact) mass is 547 g/mol. The molecule has 0 spiro atoms. The highest BCUT2D eigenvalue weighted by atomic mass is 35.5. The summed E-state index contributed by atoms with van der Waals surface area (Å²) >= 11 is 7.55. The summed E-state index contributed by atoms with van der Waals surface area (Å²) < 4.78 is 28.4. The molecule has 8 nitrogen and oxygen atoms in total. The van der Waals surface area contributed by atoms with Crippen LogP contribution in [0.25, 0.3) is 0 Å². The molecule has 0 fully saturated rings. The molecule has 3 aromatic rings. The summed E-state index contributed by atoms with van der Waals surface area (Å²) in [5.41, 5.74) is 1.51. The highest BCUT2D eigenvalue weighted by Crippen LogP contribution is 2.38. The van der Waals surface area contributed by atoms with Gasteiger partial charge in [0.05, 0.1) is 22.4 Å². The molecule has 0 bridgehead atoms. The lowest BCUT2D eigenvalue weighted by atomic mass is 9.93. The van der Waals surface area contributed by atoms with Crippen molar-refractivity contribution < 1.29 is 18.1 Å². The Morgan fingerprint density at radius 1 is 1.25 bits per heavy atom. The number of nitro benzene ring substituents is 1. The number of benzene rings is 2. The Morgan fingerprint density at radius 2 is 1.97 bits per heavy atom. The maximum absolute atomic E-state index is 13.7. The van der Waals surface area contributed by atoms with E-state index in [0.29, 0.717) is 19.4 Å². The van der Waals surface area contributed by atoms with Gasteiger partial charge in [-0.25, -0.2) is 8.42 Å². The van der Waals surface area contributed by atoms with Crippen LogP contribution in [0, 0.1) is 10.1 Å². The fourth-order valence-corrected chi connectivity index (χ4v) is 7.18. The van der Waals surface area contributed by atoms with Gasteiger partial charge in [0.25, 0.3) is 5.69 Å². The number of amides is 1. The van der Waals surface area contributed by atoms with Crippen LogP contribution in [0.1, 0.15) is 42.3 Å². The second kappa shape index (κ2) is 10.7. The van der Waals surface area contributed by atoms with Gasteiger partial charge in [0, 0.05) is 23.5 Å². The van der Waals surface area contributed by atoms with Gasteiger partial charge < -0.3 is 4.90 Å². The number of nitrogens with zero attached hydrogens (tertiary/aromatic N) is 3. The minimum Gasteiger partial charge on any atom is -0.330 e. The summed E-state index contributed by atoms with van der Waals surface area (Å²) in [5.74, 6) is -0.326. The molecule has 1 aliphatic rings. The van der Waals surface area contributed by atoms with Crippen molar-refractivity contribution in [3.05, 3.63) is 91.1 Å². The second-order valence-corrected chi connectivity index (χ2v) is 11.9. The maximum Gasteiger partial charge on any atom is 0.289 e. The van der Waals surface area contributed by atoms with Crippen molar-refractivity contribution in [3.63, 3.8) is 0 Å². The van der Waals surface area contributed by atoms with E-state index in [1.807, 2.05) is 48.7 Å². The normalized spacial score (nSPS) is 16.6. The maximum atomic E-state index is 13.7. The number of rotatable bonds is 8. The van der Waals surface area contributed by atoms with Gasteiger partial charge in [-0.2, -0.15) is 4.31 Å². The molecule has 1 aliphatic heterocycles. The molecule has 0 radical (unpaired) electrons. The van der Waals surface area contributed by atoms with Crippen LogP contribution in [-0.2, 0) is 21.2 Å². The molecular formula is C25H26ClN3O5S2. The largest absolute Gasteiger partial charge is 0.330 e. The van der Waals surface area contributed by atoms with E-state index in [1.165, 1.54) is 17.0 Å². The third kappa shape index (κ3) is 5.04. The standard InChI is InChI=1S/C25H26ClN3O5S2/c1-3-17(2)28(36(33,34)19-9-10-21(26)22(15-19)29(31)32)16-24(30)27-13-11-23-20(12-14-35-23)25(27)18-7-5-4-6-8-18/h4-10,12,14-15,17,25H,3,11,13,16H2,1-2H3. The van der Waals surface area contributed by atoms with Gasteiger partial charge in [-0.15, -0.1) is 11.3 Å². The predicted octanol–water partition coefficient (Wildman–Crippen LogP) is 5.27. The van der Waals surface area contributed by atoms with Crippen LogP contribution in [0.15, 0.2) is 64.9 Å². The van der Waals surface area contributed by atoms with Crippen molar-refractivity contribution in [2.75, 3.05) is 13.1 Å². The van der Waals surface area contributed by atoms with Crippen molar-refractivity contribution in [3.8, 4) is 0 Å². The van der Waals surface area contributed by atoms with E-state index >= 15 is 0 Å². The van der Waals surface area contributed by atoms with Gasteiger partial charge in [-0.3, -0.25) is 14.9 Å². The number of thiophene rings is 1. The average Bonchev–Trinajstić information content (AvgIpc) is 3.35. The Labute approximate surface area is 219 Å². The molecule has 190 valence electrons. The van der Waals surface area contributed by atoms with E-state index in [-0.39, 0.29) is 28.4 Å². The van der Waals surface area contributed by atoms with E-state index in [1.54, 1.807) is 23.2 Å². The van der Waals surface area contributed by atoms with Crippen LogP contribution in [0.5, 0.6) is 0 Å². The fourth-order valence-electron chi connectivity index (χ4n) is 4.41. The first-order valence-electron chi connectivity index (χ1n) is 11.5. The van der Waals surface area contributed by atoms with E-state index in [2.05, 4.69) is 0 Å². The van der Waals surface area contributed by atoms with Crippen LogP contribution in [0.4, 0.5) is 5.69 Å². The molecule has 0 aliphatic carbocycles. The Kier molecular flexibility index (Phi) is 7.79. The number of hydrogen-bond acceptors (Lipinski definition) is 6. The van der Waals surface area contributed by atoms with Crippen LogP contribution in [-0.4, -0.2) is 47.6 Å². The van der Waals surface area contributed by atoms with Crippen LogP contribution in [0.2, 0.25) is 5.02 Å². The molecule has 2 heterocycles. The summed E-state index contributed by atoms with van der Waals surface area (Å²) in [6.07, 6.45) is 1.15. The molecule has 4 rings (SSSR count). The lowest BCUT2D eigenvalue weighted by molar-refractivity contribution is -0.384. The first-order chi connectivity index (χ1) is 17.1. The fraction of sp³-hybridized carbons (Fsp3) is 0.320. The van der Waals surface area contributed by atoms with E-state index in [4.69, 9.17) is 11.6 Å². The lowest BCUT2D eigenvalue weighted by Crippen LogP contribution is -2.49. The number of carbonyl (C=O) groups is 1. The predicted molar refractivity (Wildman–Crippen MR) is 140 cm³/mol. The molecule has 2 aromatic carbocycles. The third-order valence-electron chi connectivity index (χ3n) is 6.50. The molecule has 0 saturated carbocycles. The number of carbonyl (C=O) groups excluding carboxylic acids is 1. The Balaban J connectivity index is 1.69. The van der Waals surface area contributed by atoms with E-state index in [0.717, 1.165) is 21.5 Å². The molecule has 0 saturated heterocycles. The number of hydrogen-bond donors (Lipinski definition) is 0. The van der Waals surface area contributed by atoms with Gasteiger partial charge in [0.1, 0.15) is 5.02 Å². The Bertz CT molecular complexity index is 1380. The Morgan fingerprint density at radius 3 is 2.64 bits per heavy atom. The lowest BCUT2D eigenvalue weighted by Gasteiger charge is -2.38. The molecule has 1 amide bonds. The molecule has 0 N–H and O–H groups in total. The highest BCUT2D eigenvalue weighted by molar-refractivity contribution is 7.89.